The van der Waals surface area contributed by atoms with Gasteiger partial charge in [0.2, 0.25) is 0 Å². The van der Waals surface area contributed by atoms with Crippen molar-refractivity contribution in [2.45, 2.75) is 31.7 Å². The third kappa shape index (κ3) is 2.13. The van der Waals surface area contributed by atoms with Crippen LogP contribution in [0, 0.1) is 6.92 Å². The summed E-state index contributed by atoms with van der Waals surface area (Å²) in [6.45, 7) is 2.01. The molecule has 0 radical (unpaired) electrons. The Morgan fingerprint density at radius 1 is 1.35 bits per heavy atom. The summed E-state index contributed by atoms with van der Waals surface area (Å²) in [5, 5.41) is 3.09. The summed E-state index contributed by atoms with van der Waals surface area (Å²) in [5.41, 5.74) is 10.1. The molecule has 1 heterocycles. The van der Waals surface area contributed by atoms with Crippen molar-refractivity contribution in [3.63, 3.8) is 0 Å². The van der Waals surface area contributed by atoms with Gasteiger partial charge < -0.3 is 5.73 Å². The van der Waals surface area contributed by atoms with E-state index in [1.807, 2.05) is 6.92 Å². The molecule has 2 nitrogen and oxygen atoms in total. The van der Waals surface area contributed by atoms with Crippen LogP contribution in [0.3, 0.4) is 0 Å². The molecule has 1 aromatic heterocycles. The maximum Gasteiger partial charge on any atom is 0.114 e. The van der Waals surface area contributed by atoms with Gasteiger partial charge in [-0.2, -0.15) is 0 Å². The van der Waals surface area contributed by atoms with Crippen molar-refractivity contribution in [1.29, 1.82) is 0 Å². The van der Waals surface area contributed by atoms with E-state index >= 15 is 0 Å². The zero-order chi connectivity index (χ0) is 11.8. The van der Waals surface area contributed by atoms with E-state index in [1.165, 1.54) is 24.0 Å². The van der Waals surface area contributed by atoms with Crippen LogP contribution in [-0.4, -0.2) is 4.98 Å². The summed E-state index contributed by atoms with van der Waals surface area (Å²) in [4.78, 5) is 4.50. The fraction of sp³-hybridized carbons (Fsp3) is 0.357. The maximum atomic E-state index is 6.34. The molecular formula is C14H16N2S. The van der Waals surface area contributed by atoms with Crippen molar-refractivity contribution in [1.82, 2.24) is 4.98 Å². The number of aryl methyl sites for hydroxylation is 1. The molecule has 0 spiro atoms. The van der Waals surface area contributed by atoms with Gasteiger partial charge in [-0.15, -0.1) is 11.3 Å². The standard InChI is InChI=1S/C14H16N2S/c1-9-8-17-14(16-9)13(15)12-5-3-2-4-11(12)10-6-7-10/h2-5,8,10,13H,6-7,15H2,1H3. The van der Waals surface area contributed by atoms with Gasteiger partial charge in [0.05, 0.1) is 6.04 Å². The molecule has 1 fully saturated rings. The number of rotatable bonds is 3. The molecule has 1 unspecified atom stereocenters. The number of nitrogens with two attached hydrogens (primary N) is 1. The summed E-state index contributed by atoms with van der Waals surface area (Å²) in [7, 11) is 0. The van der Waals surface area contributed by atoms with E-state index in [1.54, 1.807) is 11.3 Å². The Kier molecular flexibility index (Phi) is 2.73. The van der Waals surface area contributed by atoms with Crippen LogP contribution >= 0.6 is 11.3 Å². The first-order valence-electron chi connectivity index (χ1n) is 6.02. The first-order valence-corrected chi connectivity index (χ1v) is 6.90. The molecular weight excluding hydrogens is 228 g/mol. The lowest BCUT2D eigenvalue weighted by Crippen LogP contribution is -2.13. The van der Waals surface area contributed by atoms with E-state index in [9.17, 15) is 0 Å². The fourth-order valence-electron chi connectivity index (χ4n) is 2.21. The second kappa shape index (κ2) is 4.24. The highest BCUT2D eigenvalue weighted by Gasteiger charge is 2.28. The van der Waals surface area contributed by atoms with Gasteiger partial charge in [0.25, 0.3) is 0 Å². The van der Waals surface area contributed by atoms with E-state index < -0.39 is 0 Å². The Hall–Kier alpha value is -1.19. The van der Waals surface area contributed by atoms with Gasteiger partial charge in [0, 0.05) is 11.1 Å². The zero-order valence-electron chi connectivity index (χ0n) is 9.89. The number of benzene rings is 1. The predicted octanol–water partition coefficient (Wildman–Crippen LogP) is 3.38. The fourth-order valence-corrected chi connectivity index (χ4v) is 3.02. The van der Waals surface area contributed by atoms with Crippen LogP contribution in [0.25, 0.3) is 0 Å². The van der Waals surface area contributed by atoms with Crippen LogP contribution in [-0.2, 0) is 0 Å². The Bertz CT molecular complexity index is 529. The highest BCUT2D eigenvalue weighted by molar-refractivity contribution is 7.09. The van der Waals surface area contributed by atoms with Crippen LogP contribution < -0.4 is 5.73 Å². The Morgan fingerprint density at radius 2 is 2.12 bits per heavy atom. The molecule has 0 aliphatic heterocycles. The lowest BCUT2D eigenvalue weighted by molar-refractivity contribution is 0.832. The molecule has 0 saturated heterocycles. The predicted molar refractivity (Wildman–Crippen MR) is 71.3 cm³/mol. The quantitative estimate of drug-likeness (QED) is 0.899. The van der Waals surface area contributed by atoms with E-state index in [2.05, 4.69) is 34.6 Å². The number of aromatic nitrogens is 1. The lowest BCUT2D eigenvalue weighted by Gasteiger charge is -2.14. The third-order valence-electron chi connectivity index (χ3n) is 3.25. The highest BCUT2D eigenvalue weighted by Crippen LogP contribution is 2.43. The van der Waals surface area contributed by atoms with Crippen molar-refractivity contribution in [3.8, 4) is 0 Å². The molecule has 1 aliphatic carbocycles. The molecule has 1 atom stereocenters. The maximum absolute atomic E-state index is 6.34. The van der Waals surface area contributed by atoms with Crippen molar-refractivity contribution in [3.05, 3.63) is 51.5 Å². The molecule has 2 aromatic rings. The van der Waals surface area contributed by atoms with Gasteiger partial charge in [-0.05, 0) is 36.8 Å². The highest BCUT2D eigenvalue weighted by atomic mass is 32.1. The monoisotopic (exact) mass is 244 g/mol. The number of thiazole rings is 1. The molecule has 1 aromatic carbocycles. The molecule has 0 bridgehead atoms. The molecule has 1 saturated carbocycles. The van der Waals surface area contributed by atoms with Crippen LogP contribution in [0.5, 0.6) is 0 Å². The van der Waals surface area contributed by atoms with Crippen LogP contribution in [0.2, 0.25) is 0 Å². The summed E-state index contributed by atoms with van der Waals surface area (Å²) < 4.78 is 0. The van der Waals surface area contributed by atoms with Crippen molar-refractivity contribution in [2.24, 2.45) is 5.73 Å². The van der Waals surface area contributed by atoms with Crippen LogP contribution in [0.1, 0.15) is 46.6 Å². The molecule has 0 amide bonds. The average molecular weight is 244 g/mol. The first kappa shape index (κ1) is 10.9. The van der Waals surface area contributed by atoms with Gasteiger partial charge in [-0.1, -0.05) is 24.3 Å². The summed E-state index contributed by atoms with van der Waals surface area (Å²) in [5.74, 6) is 0.735. The minimum atomic E-state index is -0.0644. The summed E-state index contributed by atoms with van der Waals surface area (Å²) in [6.07, 6.45) is 2.61. The van der Waals surface area contributed by atoms with Gasteiger partial charge in [0.1, 0.15) is 5.01 Å². The Morgan fingerprint density at radius 3 is 2.76 bits per heavy atom. The molecule has 88 valence electrons. The van der Waals surface area contributed by atoms with Crippen LogP contribution in [0.15, 0.2) is 29.6 Å². The topological polar surface area (TPSA) is 38.9 Å². The Balaban J connectivity index is 1.98. The third-order valence-corrected chi connectivity index (χ3v) is 4.30. The van der Waals surface area contributed by atoms with E-state index in [4.69, 9.17) is 5.73 Å². The number of hydrogen-bond acceptors (Lipinski definition) is 3. The van der Waals surface area contributed by atoms with Crippen molar-refractivity contribution in [2.75, 3.05) is 0 Å². The van der Waals surface area contributed by atoms with E-state index in [-0.39, 0.29) is 6.04 Å². The molecule has 3 heteroatoms. The van der Waals surface area contributed by atoms with Crippen LogP contribution in [0.4, 0.5) is 0 Å². The summed E-state index contributed by atoms with van der Waals surface area (Å²) >= 11 is 1.66. The van der Waals surface area contributed by atoms with Gasteiger partial charge in [-0.3, -0.25) is 0 Å². The first-order chi connectivity index (χ1) is 8.25. The minimum absolute atomic E-state index is 0.0644. The smallest absolute Gasteiger partial charge is 0.114 e. The zero-order valence-corrected chi connectivity index (χ0v) is 10.7. The van der Waals surface area contributed by atoms with E-state index in [0.29, 0.717) is 0 Å². The summed E-state index contributed by atoms with van der Waals surface area (Å²) in [6, 6.07) is 8.48. The second-order valence-corrected chi connectivity index (χ2v) is 5.60. The minimum Gasteiger partial charge on any atom is -0.318 e. The van der Waals surface area contributed by atoms with E-state index in [0.717, 1.165) is 16.6 Å². The number of nitrogens with zero attached hydrogens (tertiary/aromatic N) is 1. The van der Waals surface area contributed by atoms with Crippen molar-refractivity contribution >= 4 is 11.3 Å². The van der Waals surface area contributed by atoms with Gasteiger partial charge in [0.15, 0.2) is 0 Å². The molecule has 3 rings (SSSR count). The normalized spacial score (nSPS) is 17.1. The number of hydrogen-bond donors (Lipinski definition) is 1. The lowest BCUT2D eigenvalue weighted by atomic mass is 9.98. The molecule has 1 aliphatic rings. The SMILES string of the molecule is Cc1csc(C(N)c2ccccc2C2CC2)n1. The average Bonchev–Trinajstić information content (AvgIpc) is 3.11. The molecule has 17 heavy (non-hydrogen) atoms. The van der Waals surface area contributed by atoms with Crippen molar-refractivity contribution < 1.29 is 0 Å². The second-order valence-electron chi connectivity index (χ2n) is 4.71. The van der Waals surface area contributed by atoms with Gasteiger partial charge >= 0.3 is 0 Å². The largest absolute Gasteiger partial charge is 0.318 e. The molecule has 2 N–H and O–H groups in total. The van der Waals surface area contributed by atoms with Gasteiger partial charge in [-0.25, -0.2) is 4.98 Å². The Labute approximate surface area is 106 Å².